The molecule has 1 atom stereocenters. The number of hydrogen-bond acceptors (Lipinski definition) is 3. The fraction of sp³-hybridized carbons (Fsp3) is 0.917. The van der Waals surface area contributed by atoms with E-state index in [1.807, 2.05) is 6.92 Å². The van der Waals surface area contributed by atoms with Crippen molar-refractivity contribution < 1.29 is 14.6 Å². The van der Waals surface area contributed by atoms with Crippen LogP contribution in [0.25, 0.3) is 0 Å². The quantitative estimate of drug-likeness (QED) is 0.714. The topological polar surface area (TPSA) is 46.5 Å². The molecular weight excluding hydrogens is 192 g/mol. The van der Waals surface area contributed by atoms with Gasteiger partial charge in [0.05, 0.1) is 6.61 Å². The Hall–Kier alpha value is -0.570. The van der Waals surface area contributed by atoms with Gasteiger partial charge in [-0.05, 0) is 25.2 Å². The van der Waals surface area contributed by atoms with E-state index in [-0.39, 0.29) is 0 Å². The van der Waals surface area contributed by atoms with Crippen molar-refractivity contribution >= 4 is 5.97 Å². The lowest BCUT2D eigenvalue weighted by molar-refractivity contribution is -0.155. The van der Waals surface area contributed by atoms with Crippen LogP contribution >= 0.6 is 0 Å². The molecule has 0 aromatic rings. The van der Waals surface area contributed by atoms with E-state index in [1.54, 1.807) is 0 Å². The van der Waals surface area contributed by atoms with E-state index < -0.39 is 12.1 Å². The molecule has 1 saturated carbocycles. The van der Waals surface area contributed by atoms with Crippen molar-refractivity contribution in [2.75, 3.05) is 6.61 Å². The second-order valence-corrected chi connectivity index (χ2v) is 4.44. The molecule has 0 bridgehead atoms. The Balaban J connectivity index is 2.14. The SMILES string of the molecule is CCCC(O)C(=O)OCC1CCCCC1. The first-order valence-corrected chi connectivity index (χ1v) is 6.08. The molecule has 0 spiro atoms. The van der Waals surface area contributed by atoms with Gasteiger partial charge in [0.15, 0.2) is 6.10 Å². The summed E-state index contributed by atoms with van der Waals surface area (Å²) in [7, 11) is 0. The molecule has 0 heterocycles. The van der Waals surface area contributed by atoms with Crippen molar-refractivity contribution in [3.63, 3.8) is 0 Å². The average Bonchev–Trinajstić information content (AvgIpc) is 2.27. The molecular formula is C12H22O3. The molecule has 3 nitrogen and oxygen atoms in total. The van der Waals surface area contributed by atoms with E-state index >= 15 is 0 Å². The standard InChI is InChI=1S/C12H22O3/c1-2-6-11(13)12(14)15-9-10-7-4-3-5-8-10/h10-11,13H,2-9H2,1H3. The minimum atomic E-state index is -0.918. The predicted octanol–water partition coefficient (Wildman–Crippen LogP) is 2.27. The first kappa shape index (κ1) is 12.5. The zero-order valence-corrected chi connectivity index (χ0v) is 9.58. The van der Waals surface area contributed by atoms with Crippen LogP contribution in [0.1, 0.15) is 51.9 Å². The van der Waals surface area contributed by atoms with E-state index in [9.17, 15) is 9.90 Å². The molecule has 0 aromatic carbocycles. The minimum Gasteiger partial charge on any atom is -0.463 e. The van der Waals surface area contributed by atoms with Gasteiger partial charge >= 0.3 is 5.97 Å². The zero-order chi connectivity index (χ0) is 11.1. The van der Waals surface area contributed by atoms with Crippen LogP contribution in [0.15, 0.2) is 0 Å². The highest BCUT2D eigenvalue weighted by molar-refractivity contribution is 5.74. The van der Waals surface area contributed by atoms with Crippen molar-refractivity contribution in [3.05, 3.63) is 0 Å². The molecule has 0 amide bonds. The molecule has 1 fully saturated rings. The van der Waals surface area contributed by atoms with Crippen LogP contribution in [0.2, 0.25) is 0 Å². The van der Waals surface area contributed by atoms with Gasteiger partial charge in [0, 0.05) is 0 Å². The highest BCUT2D eigenvalue weighted by Crippen LogP contribution is 2.23. The van der Waals surface area contributed by atoms with Crippen LogP contribution in [0.3, 0.4) is 0 Å². The van der Waals surface area contributed by atoms with Gasteiger partial charge in [-0.25, -0.2) is 4.79 Å². The highest BCUT2D eigenvalue weighted by atomic mass is 16.5. The normalized spacial score (nSPS) is 19.9. The minimum absolute atomic E-state index is 0.442. The number of aliphatic hydroxyl groups is 1. The van der Waals surface area contributed by atoms with E-state index in [2.05, 4.69) is 0 Å². The number of hydrogen-bond donors (Lipinski definition) is 1. The van der Waals surface area contributed by atoms with Crippen LogP contribution in [0.5, 0.6) is 0 Å². The Kier molecular flexibility index (Phi) is 5.69. The van der Waals surface area contributed by atoms with Crippen molar-refractivity contribution in [1.82, 2.24) is 0 Å². The van der Waals surface area contributed by atoms with Crippen LogP contribution in [0, 0.1) is 5.92 Å². The second kappa shape index (κ2) is 6.83. The summed E-state index contributed by atoms with van der Waals surface area (Å²) in [6.45, 7) is 2.44. The van der Waals surface area contributed by atoms with Gasteiger partial charge in [-0.15, -0.1) is 0 Å². The number of esters is 1. The summed E-state index contributed by atoms with van der Waals surface area (Å²) in [5.74, 6) is 0.0824. The Morgan fingerprint density at radius 2 is 2.07 bits per heavy atom. The second-order valence-electron chi connectivity index (χ2n) is 4.44. The van der Waals surface area contributed by atoms with Crippen LogP contribution < -0.4 is 0 Å². The summed E-state index contributed by atoms with van der Waals surface area (Å²) in [6.07, 6.45) is 6.53. The van der Waals surface area contributed by atoms with Gasteiger partial charge in [0.25, 0.3) is 0 Å². The lowest BCUT2D eigenvalue weighted by Gasteiger charge is -2.21. The fourth-order valence-electron chi connectivity index (χ4n) is 2.04. The van der Waals surface area contributed by atoms with Gasteiger partial charge in [-0.2, -0.15) is 0 Å². The number of carbonyl (C=O) groups excluding carboxylic acids is 1. The monoisotopic (exact) mass is 214 g/mol. The van der Waals surface area contributed by atoms with Crippen LogP contribution in [0.4, 0.5) is 0 Å². The van der Waals surface area contributed by atoms with Gasteiger partial charge < -0.3 is 9.84 Å². The molecule has 1 N–H and O–H groups in total. The molecule has 1 aliphatic carbocycles. The maximum Gasteiger partial charge on any atom is 0.334 e. The average molecular weight is 214 g/mol. The van der Waals surface area contributed by atoms with Crippen molar-refractivity contribution in [2.45, 2.75) is 58.0 Å². The van der Waals surface area contributed by atoms with Gasteiger partial charge in [-0.3, -0.25) is 0 Å². The summed E-state index contributed by atoms with van der Waals surface area (Å²) < 4.78 is 5.11. The van der Waals surface area contributed by atoms with Gasteiger partial charge in [-0.1, -0.05) is 32.6 Å². The molecule has 3 heteroatoms. The molecule has 0 saturated heterocycles. The summed E-state index contributed by atoms with van der Waals surface area (Å²) in [4.78, 5) is 11.3. The largest absolute Gasteiger partial charge is 0.463 e. The lowest BCUT2D eigenvalue weighted by atomic mass is 9.90. The Labute approximate surface area is 91.8 Å². The molecule has 1 unspecified atom stereocenters. The van der Waals surface area contributed by atoms with Gasteiger partial charge in [0.1, 0.15) is 0 Å². The van der Waals surface area contributed by atoms with Gasteiger partial charge in [0.2, 0.25) is 0 Å². The first-order valence-electron chi connectivity index (χ1n) is 6.08. The van der Waals surface area contributed by atoms with E-state index in [1.165, 1.54) is 19.3 Å². The summed E-state index contributed by atoms with van der Waals surface area (Å²) in [5.41, 5.74) is 0. The van der Waals surface area contributed by atoms with Crippen LogP contribution in [-0.2, 0) is 9.53 Å². The van der Waals surface area contributed by atoms with E-state index in [0.717, 1.165) is 19.3 Å². The van der Waals surface area contributed by atoms with E-state index in [4.69, 9.17) is 4.74 Å². The summed E-state index contributed by atoms with van der Waals surface area (Å²) in [6, 6.07) is 0. The Bertz CT molecular complexity index is 185. The predicted molar refractivity (Wildman–Crippen MR) is 58.4 cm³/mol. The summed E-state index contributed by atoms with van der Waals surface area (Å²) >= 11 is 0. The fourth-order valence-corrected chi connectivity index (χ4v) is 2.04. The van der Waals surface area contributed by atoms with Crippen LogP contribution in [-0.4, -0.2) is 23.8 Å². The maximum absolute atomic E-state index is 11.3. The maximum atomic E-state index is 11.3. The summed E-state index contributed by atoms with van der Waals surface area (Å²) in [5, 5.41) is 9.37. The molecule has 88 valence electrons. The first-order chi connectivity index (χ1) is 7.24. The molecule has 15 heavy (non-hydrogen) atoms. The smallest absolute Gasteiger partial charge is 0.334 e. The number of rotatable bonds is 5. The lowest BCUT2D eigenvalue weighted by Crippen LogP contribution is -2.25. The van der Waals surface area contributed by atoms with Crippen molar-refractivity contribution in [1.29, 1.82) is 0 Å². The third-order valence-electron chi connectivity index (χ3n) is 3.02. The van der Waals surface area contributed by atoms with Crippen molar-refractivity contribution in [3.8, 4) is 0 Å². The van der Waals surface area contributed by atoms with Crippen molar-refractivity contribution in [2.24, 2.45) is 5.92 Å². The highest BCUT2D eigenvalue weighted by Gasteiger charge is 2.19. The third kappa shape index (κ3) is 4.65. The van der Waals surface area contributed by atoms with E-state index in [0.29, 0.717) is 18.9 Å². The number of ether oxygens (including phenoxy) is 1. The molecule has 1 rings (SSSR count). The molecule has 0 radical (unpaired) electrons. The number of carbonyl (C=O) groups is 1. The molecule has 1 aliphatic rings. The number of aliphatic hydroxyl groups excluding tert-OH is 1. The molecule has 0 aliphatic heterocycles. The third-order valence-corrected chi connectivity index (χ3v) is 3.02. The molecule has 0 aromatic heterocycles. The zero-order valence-electron chi connectivity index (χ0n) is 9.58. The Morgan fingerprint density at radius 1 is 1.40 bits per heavy atom. The Morgan fingerprint density at radius 3 is 2.67 bits per heavy atom.